The molecule has 2 atom stereocenters. The number of hydrogen-bond acceptors (Lipinski definition) is 4. The van der Waals surface area contributed by atoms with Crippen molar-refractivity contribution in [1.29, 1.82) is 0 Å². The summed E-state index contributed by atoms with van der Waals surface area (Å²) >= 11 is 0. The van der Waals surface area contributed by atoms with Crippen LogP contribution < -0.4 is 0 Å². The summed E-state index contributed by atoms with van der Waals surface area (Å²) in [6.07, 6.45) is 6.21. The zero-order valence-electron chi connectivity index (χ0n) is 14.5. The highest BCUT2D eigenvalue weighted by Gasteiger charge is 2.60. The van der Waals surface area contributed by atoms with Gasteiger partial charge < -0.3 is 9.47 Å². The number of rotatable bonds is 5. The number of esters is 2. The van der Waals surface area contributed by atoms with Gasteiger partial charge in [-0.2, -0.15) is 0 Å². The first kappa shape index (κ1) is 16.5. The molecule has 0 aromatic heterocycles. The Bertz CT molecular complexity index is 519. The van der Waals surface area contributed by atoms with Crippen molar-refractivity contribution in [2.75, 3.05) is 6.61 Å². The topological polar surface area (TPSA) is 52.6 Å². The molecule has 0 aromatic rings. The predicted octanol–water partition coefficient (Wildman–Crippen LogP) is 3.64. The Labute approximate surface area is 138 Å². The quantitative estimate of drug-likeness (QED) is 0.573. The minimum Gasteiger partial charge on any atom is -0.462 e. The van der Waals surface area contributed by atoms with Gasteiger partial charge in [0.25, 0.3) is 0 Å². The third-order valence-corrected chi connectivity index (χ3v) is 6.34. The monoisotopic (exact) mass is 320 g/mol. The first-order chi connectivity index (χ1) is 10.7. The van der Waals surface area contributed by atoms with Crippen LogP contribution in [0, 0.1) is 23.2 Å². The van der Waals surface area contributed by atoms with Crippen LogP contribution in [-0.4, -0.2) is 24.1 Å². The van der Waals surface area contributed by atoms with Crippen LogP contribution in [0.2, 0.25) is 0 Å². The van der Waals surface area contributed by atoms with Gasteiger partial charge in [0.05, 0.1) is 6.42 Å². The van der Waals surface area contributed by atoms with Crippen molar-refractivity contribution in [1.82, 2.24) is 0 Å². The molecule has 4 saturated carbocycles. The number of carbonyl (C=O) groups excluding carboxylic acids is 2. The van der Waals surface area contributed by atoms with E-state index in [-0.39, 0.29) is 24.6 Å². The molecule has 128 valence electrons. The molecule has 4 fully saturated rings. The lowest BCUT2D eigenvalue weighted by molar-refractivity contribution is -0.216. The van der Waals surface area contributed by atoms with Crippen LogP contribution in [0.5, 0.6) is 0 Å². The highest BCUT2D eigenvalue weighted by Crippen LogP contribution is 2.64. The molecule has 0 amide bonds. The Morgan fingerprint density at radius 3 is 2.26 bits per heavy atom. The number of carbonyl (C=O) groups is 2. The van der Waals surface area contributed by atoms with Gasteiger partial charge >= 0.3 is 11.9 Å². The Morgan fingerprint density at radius 2 is 1.74 bits per heavy atom. The summed E-state index contributed by atoms with van der Waals surface area (Å²) in [5, 5.41) is 0. The third-order valence-electron chi connectivity index (χ3n) is 6.34. The zero-order valence-corrected chi connectivity index (χ0v) is 14.5. The van der Waals surface area contributed by atoms with Crippen molar-refractivity contribution >= 4 is 11.9 Å². The summed E-state index contributed by atoms with van der Waals surface area (Å²) in [5.41, 5.74) is 0.477. The average Bonchev–Trinajstić information content (AvgIpc) is 2.43. The molecule has 4 rings (SSSR count). The molecule has 0 heterocycles. The molecule has 4 aliphatic rings. The molecule has 23 heavy (non-hydrogen) atoms. The number of ether oxygens (including phenoxy) is 2. The summed E-state index contributed by atoms with van der Waals surface area (Å²) in [4.78, 5) is 23.6. The standard InChI is InChI=1S/C19H28O4/c1-12(2)17(21)22-6-5-16(20)23-19(4)14-7-13-8-15(19)11-18(3,9-13)10-14/h13-15H,1,5-11H2,2-4H3. The van der Waals surface area contributed by atoms with Gasteiger partial charge in [0, 0.05) is 5.57 Å². The van der Waals surface area contributed by atoms with E-state index in [4.69, 9.17) is 9.47 Å². The van der Waals surface area contributed by atoms with E-state index < -0.39 is 5.97 Å². The lowest BCUT2D eigenvalue weighted by Gasteiger charge is -2.62. The normalized spacial score (nSPS) is 40.7. The maximum atomic E-state index is 12.2. The lowest BCUT2D eigenvalue weighted by Crippen LogP contribution is -2.60. The van der Waals surface area contributed by atoms with Crippen LogP contribution in [0.25, 0.3) is 0 Å². The maximum absolute atomic E-state index is 12.2. The molecule has 0 aliphatic heterocycles. The molecule has 4 bridgehead atoms. The summed E-state index contributed by atoms with van der Waals surface area (Å²) in [5.74, 6) is 1.09. The fraction of sp³-hybridized carbons (Fsp3) is 0.789. The average molecular weight is 320 g/mol. The molecular formula is C19H28O4. The molecule has 2 unspecified atom stereocenters. The Morgan fingerprint density at radius 1 is 1.13 bits per heavy atom. The molecule has 4 nitrogen and oxygen atoms in total. The lowest BCUT2D eigenvalue weighted by atomic mass is 9.45. The summed E-state index contributed by atoms with van der Waals surface area (Å²) in [6, 6.07) is 0. The fourth-order valence-corrected chi connectivity index (χ4v) is 5.39. The summed E-state index contributed by atoms with van der Waals surface area (Å²) in [7, 11) is 0. The summed E-state index contributed by atoms with van der Waals surface area (Å²) < 4.78 is 10.9. The predicted molar refractivity (Wildman–Crippen MR) is 86.5 cm³/mol. The molecule has 0 radical (unpaired) electrons. The first-order valence-electron chi connectivity index (χ1n) is 8.76. The Kier molecular flexibility index (Phi) is 4.06. The van der Waals surface area contributed by atoms with Crippen molar-refractivity contribution in [3.8, 4) is 0 Å². The SMILES string of the molecule is C=C(C)C(=O)OCCC(=O)OC1(C)C2CC3CC1CC(C)(C3)C2. The second kappa shape index (κ2) is 5.64. The molecule has 0 saturated heterocycles. The fourth-order valence-electron chi connectivity index (χ4n) is 5.39. The van der Waals surface area contributed by atoms with E-state index in [0.717, 1.165) is 5.92 Å². The minimum absolute atomic E-state index is 0.0658. The van der Waals surface area contributed by atoms with Crippen LogP contribution in [-0.2, 0) is 19.1 Å². The molecular weight excluding hydrogens is 292 g/mol. The van der Waals surface area contributed by atoms with Gasteiger partial charge in [-0.25, -0.2) is 4.79 Å². The van der Waals surface area contributed by atoms with Gasteiger partial charge in [0.1, 0.15) is 12.2 Å². The van der Waals surface area contributed by atoms with E-state index in [1.165, 1.54) is 32.1 Å². The molecule has 0 N–H and O–H groups in total. The second-order valence-corrected chi connectivity index (χ2v) is 8.48. The molecule has 4 aliphatic carbocycles. The van der Waals surface area contributed by atoms with Gasteiger partial charge in [0.2, 0.25) is 0 Å². The Balaban J connectivity index is 1.56. The van der Waals surface area contributed by atoms with E-state index in [9.17, 15) is 9.59 Å². The largest absolute Gasteiger partial charge is 0.462 e. The highest BCUT2D eigenvalue weighted by molar-refractivity contribution is 5.87. The van der Waals surface area contributed by atoms with Crippen molar-refractivity contribution < 1.29 is 19.1 Å². The van der Waals surface area contributed by atoms with E-state index in [1.54, 1.807) is 6.92 Å². The van der Waals surface area contributed by atoms with Gasteiger partial charge in [0.15, 0.2) is 0 Å². The van der Waals surface area contributed by atoms with E-state index in [2.05, 4.69) is 20.4 Å². The van der Waals surface area contributed by atoms with Crippen LogP contribution >= 0.6 is 0 Å². The highest BCUT2D eigenvalue weighted by atomic mass is 16.6. The smallest absolute Gasteiger partial charge is 0.333 e. The zero-order chi connectivity index (χ0) is 16.8. The van der Waals surface area contributed by atoms with Gasteiger partial charge in [-0.15, -0.1) is 0 Å². The number of hydrogen-bond donors (Lipinski definition) is 0. The van der Waals surface area contributed by atoms with Gasteiger partial charge in [-0.3, -0.25) is 4.79 Å². The first-order valence-corrected chi connectivity index (χ1v) is 8.76. The molecule has 0 aromatic carbocycles. The second-order valence-electron chi connectivity index (χ2n) is 8.48. The van der Waals surface area contributed by atoms with E-state index in [1.807, 2.05) is 0 Å². The van der Waals surface area contributed by atoms with Crippen molar-refractivity contribution in [2.24, 2.45) is 23.2 Å². The van der Waals surface area contributed by atoms with Crippen molar-refractivity contribution in [3.63, 3.8) is 0 Å². The van der Waals surface area contributed by atoms with E-state index in [0.29, 0.717) is 22.8 Å². The third kappa shape index (κ3) is 3.05. The maximum Gasteiger partial charge on any atom is 0.333 e. The van der Waals surface area contributed by atoms with Crippen LogP contribution in [0.4, 0.5) is 0 Å². The van der Waals surface area contributed by atoms with Crippen LogP contribution in [0.3, 0.4) is 0 Å². The van der Waals surface area contributed by atoms with Crippen molar-refractivity contribution in [2.45, 2.75) is 64.9 Å². The molecule has 4 heteroatoms. The Hall–Kier alpha value is -1.32. The van der Waals surface area contributed by atoms with Crippen molar-refractivity contribution in [3.05, 3.63) is 12.2 Å². The van der Waals surface area contributed by atoms with Gasteiger partial charge in [-0.1, -0.05) is 13.5 Å². The molecule has 0 spiro atoms. The van der Waals surface area contributed by atoms with Crippen LogP contribution in [0.15, 0.2) is 12.2 Å². The van der Waals surface area contributed by atoms with Crippen LogP contribution in [0.1, 0.15) is 59.3 Å². The minimum atomic E-state index is -0.452. The summed E-state index contributed by atoms with van der Waals surface area (Å²) in [6.45, 7) is 9.71. The van der Waals surface area contributed by atoms with E-state index >= 15 is 0 Å². The van der Waals surface area contributed by atoms with Gasteiger partial charge in [-0.05, 0) is 69.1 Å².